The highest BCUT2D eigenvalue weighted by molar-refractivity contribution is 5.94. The minimum atomic E-state index is -0.438. The second-order valence-corrected chi connectivity index (χ2v) is 4.95. The third kappa shape index (κ3) is 2.71. The van der Waals surface area contributed by atoms with E-state index in [9.17, 15) is 9.90 Å². The molecule has 18 heavy (non-hydrogen) atoms. The van der Waals surface area contributed by atoms with Crippen LogP contribution in [0, 0.1) is 0 Å². The van der Waals surface area contributed by atoms with E-state index in [-0.39, 0.29) is 19.1 Å². The number of hydrogen-bond acceptors (Lipinski definition) is 3. The minimum Gasteiger partial charge on any atom is -0.394 e. The molecule has 0 radical (unpaired) electrons. The summed E-state index contributed by atoms with van der Waals surface area (Å²) in [6.07, 6.45) is 3.77. The lowest BCUT2D eigenvalue weighted by Crippen LogP contribution is -2.49. The van der Waals surface area contributed by atoms with Gasteiger partial charge < -0.3 is 15.5 Å². The maximum Gasteiger partial charge on any atom is 0.251 e. The summed E-state index contributed by atoms with van der Waals surface area (Å²) in [4.78, 5) is 12.1. The molecule has 1 aromatic rings. The van der Waals surface area contributed by atoms with Crippen LogP contribution in [0.2, 0.25) is 0 Å². The first-order valence-electron chi connectivity index (χ1n) is 6.32. The van der Waals surface area contributed by atoms with Gasteiger partial charge in [-0.05, 0) is 30.5 Å². The summed E-state index contributed by atoms with van der Waals surface area (Å²) < 4.78 is 0. The predicted octanol–water partition coefficient (Wildman–Crippen LogP) is 1.21. The molecule has 1 saturated carbocycles. The zero-order valence-electron chi connectivity index (χ0n) is 10.4. The molecular weight excluding hydrogens is 230 g/mol. The van der Waals surface area contributed by atoms with Gasteiger partial charge in [0.25, 0.3) is 5.91 Å². The number of aliphatic hydroxyl groups excluding tert-OH is 2. The lowest BCUT2D eigenvalue weighted by molar-refractivity contribution is 0.0838. The monoisotopic (exact) mass is 249 g/mol. The maximum absolute atomic E-state index is 12.1. The van der Waals surface area contributed by atoms with E-state index >= 15 is 0 Å². The van der Waals surface area contributed by atoms with Crippen LogP contribution in [-0.2, 0) is 6.61 Å². The van der Waals surface area contributed by atoms with Gasteiger partial charge in [-0.3, -0.25) is 4.79 Å². The second kappa shape index (κ2) is 5.50. The Morgan fingerprint density at radius 2 is 1.78 bits per heavy atom. The summed E-state index contributed by atoms with van der Waals surface area (Å²) in [5.74, 6) is -0.157. The Morgan fingerprint density at radius 3 is 2.28 bits per heavy atom. The van der Waals surface area contributed by atoms with Gasteiger partial charge in [0.2, 0.25) is 0 Å². The van der Waals surface area contributed by atoms with Crippen LogP contribution in [0.25, 0.3) is 0 Å². The fourth-order valence-electron chi connectivity index (χ4n) is 2.45. The van der Waals surface area contributed by atoms with E-state index in [4.69, 9.17) is 5.11 Å². The highest BCUT2D eigenvalue weighted by atomic mass is 16.3. The van der Waals surface area contributed by atoms with Gasteiger partial charge in [-0.2, -0.15) is 0 Å². The van der Waals surface area contributed by atoms with Crippen LogP contribution >= 0.6 is 0 Å². The summed E-state index contributed by atoms with van der Waals surface area (Å²) in [7, 11) is 0. The fourth-order valence-corrected chi connectivity index (χ4v) is 2.45. The van der Waals surface area contributed by atoms with Crippen LogP contribution in [0.3, 0.4) is 0 Å². The average Bonchev–Trinajstić information content (AvgIpc) is 2.88. The normalized spacial score (nSPS) is 17.7. The van der Waals surface area contributed by atoms with E-state index in [0.717, 1.165) is 31.2 Å². The van der Waals surface area contributed by atoms with Gasteiger partial charge in [-0.15, -0.1) is 0 Å². The molecule has 0 atom stereocenters. The number of aliphatic hydroxyl groups is 2. The molecule has 4 nitrogen and oxygen atoms in total. The molecule has 0 aromatic heterocycles. The molecule has 0 spiro atoms. The predicted molar refractivity (Wildman–Crippen MR) is 68.1 cm³/mol. The van der Waals surface area contributed by atoms with Crippen molar-refractivity contribution in [3.63, 3.8) is 0 Å². The van der Waals surface area contributed by atoms with Crippen molar-refractivity contribution in [3.05, 3.63) is 35.4 Å². The zero-order valence-corrected chi connectivity index (χ0v) is 10.4. The topological polar surface area (TPSA) is 69.6 Å². The first-order valence-corrected chi connectivity index (χ1v) is 6.32. The van der Waals surface area contributed by atoms with Crippen LogP contribution in [0.1, 0.15) is 41.6 Å². The van der Waals surface area contributed by atoms with Crippen LogP contribution in [-0.4, -0.2) is 28.3 Å². The van der Waals surface area contributed by atoms with Crippen LogP contribution in [0.5, 0.6) is 0 Å². The molecule has 0 unspecified atom stereocenters. The van der Waals surface area contributed by atoms with E-state index in [1.807, 2.05) is 0 Å². The largest absolute Gasteiger partial charge is 0.394 e. The van der Waals surface area contributed by atoms with E-state index in [1.165, 1.54) is 0 Å². The molecule has 0 heterocycles. The number of benzene rings is 1. The molecule has 1 aliphatic carbocycles. The van der Waals surface area contributed by atoms with E-state index in [0.29, 0.717) is 5.56 Å². The Morgan fingerprint density at radius 1 is 1.17 bits per heavy atom. The molecule has 4 heteroatoms. The van der Waals surface area contributed by atoms with Crippen molar-refractivity contribution < 1.29 is 15.0 Å². The SMILES string of the molecule is O=C(NC1(CO)CCCC1)c1ccc(CO)cc1. The van der Waals surface area contributed by atoms with Crippen molar-refractivity contribution in [2.45, 2.75) is 37.8 Å². The number of carbonyl (C=O) groups excluding carboxylic acids is 1. The van der Waals surface area contributed by atoms with Crippen molar-refractivity contribution in [3.8, 4) is 0 Å². The molecule has 98 valence electrons. The van der Waals surface area contributed by atoms with Crippen LogP contribution < -0.4 is 5.32 Å². The minimum absolute atomic E-state index is 0.00648. The Hall–Kier alpha value is -1.39. The number of carbonyl (C=O) groups is 1. The van der Waals surface area contributed by atoms with Crippen molar-refractivity contribution >= 4 is 5.91 Å². The smallest absolute Gasteiger partial charge is 0.251 e. The van der Waals surface area contributed by atoms with Crippen LogP contribution in [0.4, 0.5) is 0 Å². The summed E-state index contributed by atoms with van der Waals surface area (Å²) in [5, 5.41) is 21.3. The first-order chi connectivity index (χ1) is 8.69. The molecule has 3 N–H and O–H groups in total. The number of amides is 1. The summed E-state index contributed by atoms with van der Waals surface area (Å²) >= 11 is 0. The standard InChI is InChI=1S/C14H19NO3/c16-9-11-3-5-12(6-4-11)13(18)15-14(10-17)7-1-2-8-14/h3-6,16-17H,1-2,7-10H2,(H,15,18). The summed E-state index contributed by atoms with van der Waals surface area (Å²) in [6.45, 7) is -0.0318. The third-order valence-electron chi connectivity index (χ3n) is 3.64. The fraction of sp³-hybridized carbons (Fsp3) is 0.500. The van der Waals surface area contributed by atoms with E-state index in [2.05, 4.69) is 5.32 Å². The Bertz CT molecular complexity index is 408. The van der Waals surface area contributed by atoms with Gasteiger partial charge in [-0.1, -0.05) is 25.0 Å². The lowest BCUT2D eigenvalue weighted by atomic mass is 9.98. The summed E-state index contributed by atoms with van der Waals surface area (Å²) in [6, 6.07) is 6.85. The molecule has 1 aliphatic rings. The van der Waals surface area contributed by atoms with Crippen molar-refractivity contribution in [1.29, 1.82) is 0 Å². The van der Waals surface area contributed by atoms with Gasteiger partial charge in [0.05, 0.1) is 18.8 Å². The summed E-state index contributed by atoms with van der Waals surface area (Å²) in [5.41, 5.74) is 0.906. The zero-order chi connectivity index (χ0) is 13.0. The molecule has 1 amide bonds. The van der Waals surface area contributed by atoms with E-state index in [1.54, 1.807) is 24.3 Å². The second-order valence-electron chi connectivity index (χ2n) is 4.95. The van der Waals surface area contributed by atoms with Gasteiger partial charge >= 0.3 is 0 Å². The van der Waals surface area contributed by atoms with Gasteiger partial charge in [-0.25, -0.2) is 0 Å². The van der Waals surface area contributed by atoms with Gasteiger partial charge in [0, 0.05) is 5.56 Å². The molecule has 0 bridgehead atoms. The highest BCUT2D eigenvalue weighted by Crippen LogP contribution is 2.29. The number of hydrogen-bond donors (Lipinski definition) is 3. The highest BCUT2D eigenvalue weighted by Gasteiger charge is 2.34. The molecular formula is C14H19NO3. The Labute approximate surface area is 107 Å². The van der Waals surface area contributed by atoms with Gasteiger partial charge in [0.1, 0.15) is 0 Å². The molecule has 1 fully saturated rings. The third-order valence-corrected chi connectivity index (χ3v) is 3.64. The number of rotatable bonds is 4. The van der Waals surface area contributed by atoms with Gasteiger partial charge in [0.15, 0.2) is 0 Å². The number of nitrogens with one attached hydrogen (secondary N) is 1. The quantitative estimate of drug-likeness (QED) is 0.751. The first kappa shape index (κ1) is 13.1. The Kier molecular flexibility index (Phi) is 3.99. The molecule has 1 aromatic carbocycles. The van der Waals surface area contributed by atoms with E-state index < -0.39 is 5.54 Å². The maximum atomic E-state index is 12.1. The Balaban J connectivity index is 2.06. The van der Waals surface area contributed by atoms with Crippen molar-refractivity contribution in [2.24, 2.45) is 0 Å². The molecule has 2 rings (SSSR count). The lowest BCUT2D eigenvalue weighted by Gasteiger charge is -2.28. The molecule has 0 aliphatic heterocycles. The van der Waals surface area contributed by atoms with Crippen molar-refractivity contribution in [2.75, 3.05) is 6.61 Å². The van der Waals surface area contributed by atoms with Crippen LogP contribution in [0.15, 0.2) is 24.3 Å². The average molecular weight is 249 g/mol. The van der Waals surface area contributed by atoms with Crippen molar-refractivity contribution in [1.82, 2.24) is 5.32 Å². The molecule has 0 saturated heterocycles.